The van der Waals surface area contributed by atoms with Crippen LogP contribution in [0.4, 0.5) is 11.6 Å². The van der Waals surface area contributed by atoms with Crippen molar-refractivity contribution >= 4 is 34.3 Å². The highest BCUT2D eigenvalue weighted by molar-refractivity contribution is 6.28. The van der Waals surface area contributed by atoms with Crippen molar-refractivity contribution in [3.05, 3.63) is 30.1 Å². The molecule has 0 fully saturated rings. The number of aromatic nitrogens is 4. The Morgan fingerprint density at radius 1 is 1.41 bits per heavy atom. The smallest absolute Gasteiger partial charge is 0.225 e. The Balaban J connectivity index is 2.07. The van der Waals surface area contributed by atoms with Crippen LogP contribution in [-0.2, 0) is 7.05 Å². The number of fused-ring (bicyclic) bond motifs is 1. The number of imidazole rings is 1. The summed E-state index contributed by atoms with van der Waals surface area (Å²) < 4.78 is 7.13. The van der Waals surface area contributed by atoms with Gasteiger partial charge in [0, 0.05) is 19.3 Å². The number of anilines is 2. The van der Waals surface area contributed by atoms with E-state index in [2.05, 4.69) is 20.3 Å². The normalized spacial score (nSPS) is 10.9. The minimum absolute atomic E-state index is 0.164. The van der Waals surface area contributed by atoms with Crippen molar-refractivity contribution in [3.63, 3.8) is 0 Å². The Morgan fingerprint density at radius 3 is 3.06 bits per heavy atom. The van der Waals surface area contributed by atoms with Gasteiger partial charge in [0.25, 0.3) is 0 Å². The molecule has 86 valence electrons. The van der Waals surface area contributed by atoms with E-state index < -0.39 is 0 Å². The molecule has 3 aromatic heterocycles. The Bertz CT molecular complexity index is 674. The van der Waals surface area contributed by atoms with Crippen molar-refractivity contribution in [2.24, 2.45) is 7.05 Å². The first kappa shape index (κ1) is 10.1. The average molecular weight is 250 g/mol. The molecule has 0 spiro atoms. The van der Waals surface area contributed by atoms with Gasteiger partial charge in [-0.1, -0.05) is 0 Å². The summed E-state index contributed by atoms with van der Waals surface area (Å²) >= 11 is 5.82. The van der Waals surface area contributed by atoms with Crippen LogP contribution in [0.2, 0.25) is 5.28 Å². The molecule has 0 bridgehead atoms. The Labute approximate surface area is 101 Å². The first-order valence-corrected chi connectivity index (χ1v) is 5.26. The SMILES string of the molecule is Cn1cnc(Nc2nc(Cl)nc3ccoc23)c1. The monoisotopic (exact) mass is 249 g/mol. The second-order valence-electron chi connectivity index (χ2n) is 3.53. The molecule has 1 N–H and O–H groups in total. The van der Waals surface area contributed by atoms with Crippen molar-refractivity contribution < 1.29 is 4.42 Å². The minimum Gasteiger partial charge on any atom is -0.459 e. The lowest BCUT2D eigenvalue weighted by Gasteiger charge is -2.02. The van der Waals surface area contributed by atoms with E-state index in [1.807, 2.05) is 17.8 Å². The third kappa shape index (κ3) is 1.83. The van der Waals surface area contributed by atoms with E-state index in [-0.39, 0.29) is 5.28 Å². The highest BCUT2D eigenvalue weighted by atomic mass is 35.5. The van der Waals surface area contributed by atoms with Crippen molar-refractivity contribution in [3.8, 4) is 0 Å². The van der Waals surface area contributed by atoms with Gasteiger partial charge in [0.05, 0.1) is 12.6 Å². The van der Waals surface area contributed by atoms with Crippen LogP contribution in [0.1, 0.15) is 0 Å². The van der Waals surface area contributed by atoms with Crippen LogP contribution in [0.3, 0.4) is 0 Å². The molecule has 17 heavy (non-hydrogen) atoms. The Hall–Kier alpha value is -2.08. The molecular weight excluding hydrogens is 242 g/mol. The van der Waals surface area contributed by atoms with E-state index in [4.69, 9.17) is 16.0 Å². The molecule has 0 radical (unpaired) electrons. The number of halogens is 1. The molecule has 0 aromatic carbocycles. The highest BCUT2D eigenvalue weighted by Gasteiger charge is 2.10. The number of nitrogens with zero attached hydrogens (tertiary/aromatic N) is 4. The molecule has 0 saturated carbocycles. The lowest BCUT2D eigenvalue weighted by Crippen LogP contribution is -1.96. The van der Waals surface area contributed by atoms with Crippen LogP contribution >= 0.6 is 11.6 Å². The van der Waals surface area contributed by atoms with Crippen LogP contribution in [-0.4, -0.2) is 19.5 Å². The van der Waals surface area contributed by atoms with Crippen LogP contribution in [0.15, 0.2) is 29.3 Å². The second-order valence-corrected chi connectivity index (χ2v) is 3.86. The van der Waals surface area contributed by atoms with E-state index in [0.717, 1.165) is 0 Å². The van der Waals surface area contributed by atoms with Gasteiger partial charge in [0.2, 0.25) is 5.28 Å². The molecule has 0 saturated heterocycles. The second kappa shape index (κ2) is 3.74. The third-order valence-electron chi connectivity index (χ3n) is 2.23. The molecule has 7 heteroatoms. The quantitative estimate of drug-likeness (QED) is 0.706. The van der Waals surface area contributed by atoms with Crippen molar-refractivity contribution in [1.29, 1.82) is 0 Å². The standard InChI is InChI=1S/C10H8ClN5O/c1-16-4-7(12-5-16)14-9-8-6(2-3-17-8)13-10(11)15-9/h2-5H,1H3,(H,13,14,15). The summed E-state index contributed by atoms with van der Waals surface area (Å²) in [6.45, 7) is 0. The van der Waals surface area contributed by atoms with E-state index in [9.17, 15) is 0 Å². The van der Waals surface area contributed by atoms with Gasteiger partial charge >= 0.3 is 0 Å². The number of aryl methyl sites for hydroxylation is 1. The van der Waals surface area contributed by atoms with E-state index in [1.54, 1.807) is 18.7 Å². The molecule has 0 unspecified atom stereocenters. The van der Waals surface area contributed by atoms with Gasteiger partial charge in [-0.2, -0.15) is 4.98 Å². The fourth-order valence-electron chi connectivity index (χ4n) is 1.52. The summed E-state index contributed by atoms with van der Waals surface area (Å²) in [4.78, 5) is 12.3. The van der Waals surface area contributed by atoms with E-state index >= 15 is 0 Å². The van der Waals surface area contributed by atoms with Gasteiger partial charge in [0.1, 0.15) is 11.3 Å². The summed E-state index contributed by atoms with van der Waals surface area (Å²) in [7, 11) is 1.88. The lowest BCUT2D eigenvalue weighted by molar-refractivity contribution is 0.615. The fourth-order valence-corrected chi connectivity index (χ4v) is 1.69. The molecular formula is C10H8ClN5O. The summed E-state index contributed by atoms with van der Waals surface area (Å²) in [6.07, 6.45) is 5.05. The van der Waals surface area contributed by atoms with E-state index in [1.165, 1.54) is 0 Å². The number of nitrogens with one attached hydrogen (secondary N) is 1. The Morgan fingerprint density at radius 2 is 2.29 bits per heavy atom. The molecule has 6 nitrogen and oxygen atoms in total. The number of hydrogen-bond donors (Lipinski definition) is 1. The van der Waals surface area contributed by atoms with Gasteiger partial charge in [-0.25, -0.2) is 9.97 Å². The molecule has 3 heterocycles. The molecule has 0 atom stereocenters. The topological polar surface area (TPSA) is 68.8 Å². The minimum atomic E-state index is 0.164. The maximum Gasteiger partial charge on any atom is 0.225 e. The van der Waals surface area contributed by atoms with Gasteiger partial charge in [-0.3, -0.25) is 0 Å². The van der Waals surface area contributed by atoms with Gasteiger partial charge in [-0.15, -0.1) is 0 Å². The zero-order valence-corrected chi connectivity index (χ0v) is 9.64. The molecule has 0 aliphatic heterocycles. The van der Waals surface area contributed by atoms with Crippen molar-refractivity contribution in [2.45, 2.75) is 0 Å². The predicted molar refractivity (Wildman–Crippen MR) is 63.3 cm³/mol. The van der Waals surface area contributed by atoms with Gasteiger partial charge in [0.15, 0.2) is 11.4 Å². The summed E-state index contributed by atoms with van der Waals surface area (Å²) in [6, 6.07) is 1.73. The number of hydrogen-bond acceptors (Lipinski definition) is 5. The van der Waals surface area contributed by atoms with Gasteiger partial charge < -0.3 is 14.3 Å². The van der Waals surface area contributed by atoms with Crippen molar-refractivity contribution in [1.82, 2.24) is 19.5 Å². The molecule has 0 amide bonds. The maximum atomic E-state index is 5.82. The summed E-state index contributed by atoms with van der Waals surface area (Å²) in [5.74, 6) is 1.17. The fraction of sp³-hybridized carbons (Fsp3) is 0.100. The van der Waals surface area contributed by atoms with Gasteiger partial charge in [-0.05, 0) is 11.6 Å². The average Bonchev–Trinajstić information content (AvgIpc) is 2.87. The molecule has 0 aliphatic rings. The molecule has 0 aliphatic carbocycles. The number of furan rings is 1. The molecule has 3 aromatic rings. The van der Waals surface area contributed by atoms with Crippen LogP contribution in [0, 0.1) is 0 Å². The van der Waals surface area contributed by atoms with Crippen LogP contribution in [0.25, 0.3) is 11.1 Å². The predicted octanol–water partition coefficient (Wildman–Crippen LogP) is 2.35. The largest absolute Gasteiger partial charge is 0.459 e. The zero-order chi connectivity index (χ0) is 11.8. The first-order chi connectivity index (χ1) is 8.22. The third-order valence-corrected chi connectivity index (χ3v) is 2.40. The summed E-state index contributed by atoms with van der Waals surface area (Å²) in [5, 5.41) is 3.20. The Kier molecular flexibility index (Phi) is 2.22. The summed E-state index contributed by atoms with van der Waals surface area (Å²) in [5.41, 5.74) is 1.21. The van der Waals surface area contributed by atoms with Crippen LogP contribution < -0.4 is 5.32 Å². The zero-order valence-electron chi connectivity index (χ0n) is 8.88. The van der Waals surface area contributed by atoms with Crippen molar-refractivity contribution in [2.75, 3.05) is 5.32 Å². The lowest BCUT2D eigenvalue weighted by atomic mass is 10.4. The first-order valence-electron chi connectivity index (χ1n) is 4.88. The molecule has 3 rings (SSSR count). The van der Waals surface area contributed by atoms with E-state index in [0.29, 0.717) is 22.7 Å². The number of rotatable bonds is 2. The highest BCUT2D eigenvalue weighted by Crippen LogP contribution is 2.25. The maximum absolute atomic E-state index is 5.82. The van der Waals surface area contributed by atoms with Crippen LogP contribution in [0.5, 0.6) is 0 Å².